The molecule has 1 heterocycles. The number of nitrogens with zero attached hydrogens (tertiary/aromatic N) is 1. The van der Waals surface area contributed by atoms with E-state index < -0.39 is 0 Å². The molecule has 1 saturated heterocycles. The zero-order valence-electron chi connectivity index (χ0n) is 10.3. The molecular formula is C11H22N2O3. The van der Waals surface area contributed by atoms with Crippen LogP contribution >= 0.6 is 0 Å². The first-order chi connectivity index (χ1) is 7.54. The molecule has 94 valence electrons. The molecule has 3 unspecified atom stereocenters. The van der Waals surface area contributed by atoms with Crippen LogP contribution in [0.3, 0.4) is 0 Å². The summed E-state index contributed by atoms with van der Waals surface area (Å²) in [6.07, 6.45) is 0.998. The third kappa shape index (κ3) is 3.73. The molecule has 5 nitrogen and oxygen atoms in total. The van der Waals surface area contributed by atoms with Crippen LogP contribution in [0.15, 0.2) is 0 Å². The van der Waals surface area contributed by atoms with Crippen molar-refractivity contribution in [1.82, 2.24) is 4.90 Å². The van der Waals surface area contributed by atoms with E-state index in [1.54, 1.807) is 19.1 Å². The van der Waals surface area contributed by atoms with Crippen LogP contribution in [-0.2, 0) is 14.3 Å². The largest absolute Gasteiger partial charge is 0.383 e. The van der Waals surface area contributed by atoms with Crippen molar-refractivity contribution in [2.24, 2.45) is 11.7 Å². The van der Waals surface area contributed by atoms with Gasteiger partial charge in [-0.25, -0.2) is 0 Å². The normalized spacial score (nSPS) is 26.8. The van der Waals surface area contributed by atoms with E-state index in [1.165, 1.54) is 0 Å². The number of hydrogen-bond acceptors (Lipinski definition) is 4. The highest BCUT2D eigenvalue weighted by Crippen LogP contribution is 2.20. The lowest BCUT2D eigenvalue weighted by Crippen LogP contribution is -2.43. The predicted molar refractivity (Wildman–Crippen MR) is 61.0 cm³/mol. The van der Waals surface area contributed by atoms with Gasteiger partial charge in [0.15, 0.2) is 0 Å². The van der Waals surface area contributed by atoms with E-state index in [0.717, 1.165) is 6.42 Å². The van der Waals surface area contributed by atoms with Crippen molar-refractivity contribution in [3.05, 3.63) is 0 Å². The second-order valence-corrected chi connectivity index (χ2v) is 4.51. The van der Waals surface area contributed by atoms with Gasteiger partial charge in [-0.1, -0.05) is 0 Å². The third-order valence-corrected chi connectivity index (χ3v) is 2.81. The number of carbonyl (C=O) groups is 1. The van der Waals surface area contributed by atoms with Gasteiger partial charge in [0, 0.05) is 26.7 Å². The molecule has 0 spiro atoms. The minimum Gasteiger partial charge on any atom is -0.383 e. The standard InChI is InChI=1S/C11H22N2O3/c1-8-4-9(6-16-8)11(14)13(2)5-10(12)7-15-3/h8-10H,4-7,12H2,1-3H3. The molecule has 0 aliphatic carbocycles. The maximum Gasteiger partial charge on any atom is 0.227 e. The minimum atomic E-state index is -0.126. The van der Waals surface area contributed by atoms with Crippen LogP contribution in [-0.4, -0.2) is 56.9 Å². The van der Waals surface area contributed by atoms with Crippen LogP contribution in [0.2, 0.25) is 0 Å². The summed E-state index contributed by atoms with van der Waals surface area (Å²) in [5.74, 6) is 0.116. The second kappa shape index (κ2) is 6.18. The SMILES string of the molecule is COCC(N)CN(C)C(=O)C1COC(C)C1. The Labute approximate surface area is 96.9 Å². The summed E-state index contributed by atoms with van der Waals surface area (Å²) in [6.45, 7) is 3.51. The Bertz CT molecular complexity index is 235. The first-order valence-electron chi connectivity index (χ1n) is 5.65. The van der Waals surface area contributed by atoms with Crippen LogP contribution < -0.4 is 5.73 Å². The fraction of sp³-hybridized carbons (Fsp3) is 0.909. The molecule has 0 aromatic rings. The highest BCUT2D eigenvalue weighted by Gasteiger charge is 2.30. The molecule has 1 amide bonds. The lowest BCUT2D eigenvalue weighted by Gasteiger charge is -2.23. The highest BCUT2D eigenvalue weighted by atomic mass is 16.5. The molecule has 1 aliphatic heterocycles. The van der Waals surface area contributed by atoms with Crippen LogP contribution in [0.5, 0.6) is 0 Å². The maximum atomic E-state index is 12.0. The van der Waals surface area contributed by atoms with Gasteiger partial charge in [-0.05, 0) is 13.3 Å². The maximum absolute atomic E-state index is 12.0. The second-order valence-electron chi connectivity index (χ2n) is 4.51. The first kappa shape index (κ1) is 13.4. The Morgan fingerprint density at radius 3 is 2.88 bits per heavy atom. The molecule has 1 fully saturated rings. The zero-order chi connectivity index (χ0) is 12.1. The van der Waals surface area contributed by atoms with Crippen molar-refractivity contribution in [2.45, 2.75) is 25.5 Å². The molecule has 0 aromatic heterocycles. The van der Waals surface area contributed by atoms with Crippen molar-refractivity contribution < 1.29 is 14.3 Å². The summed E-state index contributed by atoms with van der Waals surface area (Å²) in [7, 11) is 3.38. The highest BCUT2D eigenvalue weighted by molar-refractivity contribution is 5.79. The topological polar surface area (TPSA) is 64.8 Å². The Hall–Kier alpha value is -0.650. The summed E-state index contributed by atoms with van der Waals surface area (Å²) < 4.78 is 10.3. The lowest BCUT2D eigenvalue weighted by molar-refractivity contribution is -0.134. The van der Waals surface area contributed by atoms with Crippen molar-refractivity contribution in [3.8, 4) is 0 Å². The molecule has 0 aromatic carbocycles. The molecule has 0 radical (unpaired) electrons. The Kier molecular flexibility index (Phi) is 5.18. The van der Waals surface area contributed by atoms with E-state index in [-0.39, 0.29) is 24.0 Å². The molecule has 5 heteroatoms. The smallest absolute Gasteiger partial charge is 0.227 e. The average Bonchev–Trinajstić information content (AvgIpc) is 2.64. The predicted octanol–water partition coefficient (Wildman–Crippen LogP) is -0.156. The fourth-order valence-electron chi connectivity index (χ4n) is 2.01. The summed E-state index contributed by atoms with van der Waals surface area (Å²) in [6, 6.07) is -0.126. The number of rotatable bonds is 5. The monoisotopic (exact) mass is 230 g/mol. The van der Waals surface area contributed by atoms with Crippen molar-refractivity contribution >= 4 is 5.91 Å². The number of methoxy groups -OCH3 is 1. The summed E-state index contributed by atoms with van der Waals surface area (Å²) in [5, 5.41) is 0. The third-order valence-electron chi connectivity index (χ3n) is 2.81. The van der Waals surface area contributed by atoms with Gasteiger partial charge >= 0.3 is 0 Å². The van der Waals surface area contributed by atoms with E-state index in [1.807, 2.05) is 6.92 Å². The molecular weight excluding hydrogens is 208 g/mol. The number of nitrogens with two attached hydrogens (primary N) is 1. The van der Waals surface area contributed by atoms with Crippen LogP contribution in [0.1, 0.15) is 13.3 Å². The molecule has 0 bridgehead atoms. The van der Waals surface area contributed by atoms with Crippen LogP contribution in [0.25, 0.3) is 0 Å². The minimum absolute atomic E-state index is 0.00487. The van der Waals surface area contributed by atoms with E-state index in [2.05, 4.69) is 0 Å². The molecule has 16 heavy (non-hydrogen) atoms. The van der Waals surface area contributed by atoms with Gasteiger partial charge in [0.2, 0.25) is 5.91 Å². The molecule has 1 aliphatic rings. The summed E-state index contributed by atoms with van der Waals surface area (Å²) >= 11 is 0. The van der Waals surface area contributed by atoms with Crippen molar-refractivity contribution in [3.63, 3.8) is 0 Å². The zero-order valence-corrected chi connectivity index (χ0v) is 10.3. The summed E-state index contributed by atoms with van der Waals surface area (Å²) in [4.78, 5) is 13.7. The number of hydrogen-bond donors (Lipinski definition) is 1. The number of carbonyl (C=O) groups excluding carboxylic acids is 1. The Morgan fingerprint density at radius 1 is 1.69 bits per heavy atom. The van der Waals surface area contributed by atoms with Gasteiger partial charge in [-0.2, -0.15) is 0 Å². The van der Waals surface area contributed by atoms with Gasteiger partial charge in [-0.3, -0.25) is 4.79 Å². The van der Waals surface area contributed by atoms with Crippen LogP contribution in [0.4, 0.5) is 0 Å². The van der Waals surface area contributed by atoms with Crippen molar-refractivity contribution in [2.75, 3.05) is 33.9 Å². The van der Waals surface area contributed by atoms with E-state index in [0.29, 0.717) is 19.8 Å². The van der Waals surface area contributed by atoms with Gasteiger partial charge < -0.3 is 20.1 Å². The number of ether oxygens (including phenoxy) is 2. The Morgan fingerprint density at radius 2 is 2.38 bits per heavy atom. The first-order valence-corrected chi connectivity index (χ1v) is 5.65. The average molecular weight is 230 g/mol. The lowest BCUT2D eigenvalue weighted by atomic mass is 10.0. The number of amides is 1. The van der Waals surface area contributed by atoms with Crippen molar-refractivity contribution in [1.29, 1.82) is 0 Å². The fourth-order valence-corrected chi connectivity index (χ4v) is 2.01. The van der Waals surface area contributed by atoms with E-state index in [9.17, 15) is 4.79 Å². The molecule has 3 atom stereocenters. The quantitative estimate of drug-likeness (QED) is 0.713. The van der Waals surface area contributed by atoms with Gasteiger partial charge in [-0.15, -0.1) is 0 Å². The van der Waals surface area contributed by atoms with E-state index in [4.69, 9.17) is 15.2 Å². The summed E-state index contributed by atoms with van der Waals surface area (Å²) in [5.41, 5.74) is 5.80. The van der Waals surface area contributed by atoms with E-state index >= 15 is 0 Å². The van der Waals surface area contributed by atoms with Gasteiger partial charge in [0.25, 0.3) is 0 Å². The van der Waals surface area contributed by atoms with Gasteiger partial charge in [0.1, 0.15) is 0 Å². The van der Waals surface area contributed by atoms with Crippen LogP contribution in [0, 0.1) is 5.92 Å². The molecule has 2 N–H and O–H groups in total. The molecule has 0 saturated carbocycles. The Balaban J connectivity index is 2.35. The molecule has 1 rings (SSSR count). The van der Waals surface area contributed by atoms with Gasteiger partial charge in [0.05, 0.1) is 25.2 Å². The number of likely N-dealkylation sites (N-methyl/N-ethyl adjacent to an activating group) is 1.